The van der Waals surface area contributed by atoms with E-state index >= 15 is 0 Å². The highest BCUT2D eigenvalue weighted by Gasteiger charge is 2.29. The molecule has 0 bridgehead atoms. The molecule has 1 saturated heterocycles. The molecule has 7 heteroatoms. The van der Waals surface area contributed by atoms with Gasteiger partial charge in [-0.05, 0) is 45.0 Å². The van der Waals surface area contributed by atoms with E-state index < -0.39 is 10.0 Å². The Hall–Kier alpha value is -2.12. The Bertz CT molecular complexity index is 856. The number of hydrogen-bond acceptors (Lipinski definition) is 4. The number of nitrogens with one attached hydrogen (secondary N) is 1. The van der Waals surface area contributed by atoms with E-state index in [9.17, 15) is 13.2 Å². The van der Waals surface area contributed by atoms with Gasteiger partial charge in [-0.2, -0.15) is 0 Å². The van der Waals surface area contributed by atoms with Crippen LogP contribution in [-0.4, -0.2) is 49.4 Å². The molecule has 1 aliphatic rings. The molecule has 25 heavy (non-hydrogen) atoms. The molecule has 2 heterocycles. The summed E-state index contributed by atoms with van der Waals surface area (Å²) in [5.74, 6) is -0.115. The zero-order valence-electron chi connectivity index (χ0n) is 14.5. The normalized spacial score (nSPS) is 17.8. The van der Waals surface area contributed by atoms with Crippen LogP contribution >= 0.6 is 0 Å². The number of aromatic nitrogens is 1. The number of likely N-dealkylation sites (tertiary alicyclic amines) is 1. The van der Waals surface area contributed by atoms with Crippen LogP contribution in [0.4, 0.5) is 0 Å². The monoisotopic (exact) mass is 361 g/mol. The minimum atomic E-state index is -3.68. The third-order valence-corrected chi connectivity index (χ3v) is 6.24. The van der Waals surface area contributed by atoms with E-state index in [0.717, 1.165) is 28.9 Å². The number of carbonyl (C=O) groups is 1. The highest BCUT2D eigenvalue weighted by atomic mass is 32.2. The highest BCUT2D eigenvalue weighted by molar-refractivity contribution is 7.90. The molecule has 0 aliphatic carbocycles. The van der Waals surface area contributed by atoms with E-state index in [2.05, 4.69) is 5.32 Å². The van der Waals surface area contributed by atoms with Crippen molar-refractivity contribution in [3.63, 3.8) is 0 Å². The minimum absolute atomic E-state index is 0.115. The largest absolute Gasteiger partial charge is 0.334 e. The lowest BCUT2D eigenvalue weighted by molar-refractivity contribution is 0.0737. The Labute approximate surface area is 148 Å². The summed E-state index contributed by atoms with van der Waals surface area (Å²) in [5, 5.41) is 3.11. The second-order valence-electron chi connectivity index (χ2n) is 6.40. The van der Waals surface area contributed by atoms with Crippen LogP contribution in [-0.2, 0) is 10.0 Å². The van der Waals surface area contributed by atoms with Crippen molar-refractivity contribution in [2.45, 2.75) is 30.7 Å². The van der Waals surface area contributed by atoms with Gasteiger partial charge in [-0.3, -0.25) is 4.79 Å². The molecule has 2 aromatic rings. The van der Waals surface area contributed by atoms with E-state index in [4.69, 9.17) is 0 Å². The Kier molecular flexibility index (Phi) is 4.96. The van der Waals surface area contributed by atoms with E-state index in [1.54, 1.807) is 30.3 Å². The van der Waals surface area contributed by atoms with Crippen LogP contribution in [0.25, 0.3) is 0 Å². The van der Waals surface area contributed by atoms with E-state index in [1.807, 2.05) is 18.9 Å². The van der Waals surface area contributed by atoms with Crippen molar-refractivity contribution in [1.29, 1.82) is 0 Å². The molecular formula is C18H23N3O3S. The molecule has 3 rings (SSSR count). The van der Waals surface area contributed by atoms with Gasteiger partial charge in [0.25, 0.3) is 15.9 Å². The Morgan fingerprint density at radius 1 is 1.24 bits per heavy atom. The second-order valence-corrected chi connectivity index (χ2v) is 8.24. The molecule has 1 fully saturated rings. The molecule has 1 aromatic heterocycles. The third kappa shape index (κ3) is 3.48. The lowest BCUT2D eigenvalue weighted by Crippen LogP contribution is -2.40. The summed E-state index contributed by atoms with van der Waals surface area (Å²) in [6.45, 7) is 3.36. The zero-order valence-corrected chi connectivity index (χ0v) is 15.3. The molecule has 0 spiro atoms. The van der Waals surface area contributed by atoms with Crippen molar-refractivity contribution in [2.24, 2.45) is 0 Å². The van der Waals surface area contributed by atoms with Gasteiger partial charge in [-0.25, -0.2) is 12.4 Å². The van der Waals surface area contributed by atoms with Crippen LogP contribution < -0.4 is 5.32 Å². The fourth-order valence-electron chi connectivity index (χ4n) is 3.20. The van der Waals surface area contributed by atoms with Gasteiger partial charge in [0.1, 0.15) is 0 Å². The Morgan fingerprint density at radius 2 is 1.96 bits per heavy atom. The lowest BCUT2D eigenvalue weighted by atomic mass is 10.2. The van der Waals surface area contributed by atoms with Gasteiger partial charge in [0.15, 0.2) is 0 Å². The molecule has 1 amide bonds. The third-order valence-electron chi connectivity index (χ3n) is 4.59. The van der Waals surface area contributed by atoms with Crippen molar-refractivity contribution >= 4 is 15.9 Å². The van der Waals surface area contributed by atoms with Gasteiger partial charge in [-0.15, -0.1) is 0 Å². The first-order valence-electron chi connectivity index (χ1n) is 8.39. The first-order valence-corrected chi connectivity index (χ1v) is 9.83. The number of likely N-dealkylation sites (N-methyl/N-ethyl adjacent to an activating group) is 1. The number of aryl methyl sites for hydroxylation is 1. The summed E-state index contributed by atoms with van der Waals surface area (Å²) in [6, 6.07) is 8.41. The van der Waals surface area contributed by atoms with E-state index in [1.165, 1.54) is 12.4 Å². The smallest absolute Gasteiger partial charge is 0.267 e. The number of benzene rings is 1. The lowest BCUT2D eigenvalue weighted by Gasteiger charge is -2.24. The summed E-state index contributed by atoms with van der Waals surface area (Å²) >= 11 is 0. The van der Waals surface area contributed by atoms with Crippen molar-refractivity contribution in [2.75, 3.05) is 20.1 Å². The van der Waals surface area contributed by atoms with Crippen molar-refractivity contribution < 1.29 is 13.2 Å². The van der Waals surface area contributed by atoms with Crippen molar-refractivity contribution in [3.8, 4) is 0 Å². The van der Waals surface area contributed by atoms with Crippen LogP contribution in [0.2, 0.25) is 0 Å². The Balaban J connectivity index is 1.84. The highest BCUT2D eigenvalue weighted by Crippen LogP contribution is 2.21. The van der Waals surface area contributed by atoms with Gasteiger partial charge in [-0.1, -0.05) is 17.7 Å². The van der Waals surface area contributed by atoms with Crippen molar-refractivity contribution in [3.05, 3.63) is 53.9 Å². The SMILES string of the molecule is CNCC1CCCN1C(=O)c1ccn(S(=O)(=O)c2ccc(C)cc2)c1. The zero-order chi connectivity index (χ0) is 18.0. The van der Waals surface area contributed by atoms with Gasteiger partial charge in [0, 0.05) is 31.5 Å². The molecular weight excluding hydrogens is 338 g/mol. The Morgan fingerprint density at radius 3 is 2.64 bits per heavy atom. The predicted octanol–water partition coefficient (Wildman–Crippen LogP) is 1.86. The van der Waals surface area contributed by atoms with Crippen LogP contribution in [0.3, 0.4) is 0 Å². The number of amides is 1. The van der Waals surface area contributed by atoms with Gasteiger partial charge in [0.05, 0.1) is 10.5 Å². The molecule has 0 radical (unpaired) electrons. The maximum Gasteiger partial charge on any atom is 0.267 e. The first-order chi connectivity index (χ1) is 11.9. The average Bonchev–Trinajstić information content (AvgIpc) is 3.25. The fourth-order valence-corrected chi connectivity index (χ4v) is 4.40. The number of nitrogens with zero attached hydrogens (tertiary/aromatic N) is 2. The van der Waals surface area contributed by atoms with Gasteiger partial charge in [0.2, 0.25) is 0 Å². The maximum absolute atomic E-state index is 12.7. The minimum Gasteiger partial charge on any atom is -0.334 e. The van der Waals surface area contributed by atoms with Crippen LogP contribution in [0.15, 0.2) is 47.6 Å². The maximum atomic E-state index is 12.7. The summed E-state index contributed by atoms with van der Waals surface area (Å²) in [5.41, 5.74) is 1.39. The molecule has 1 unspecified atom stereocenters. The molecule has 1 atom stereocenters. The van der Waals surface area contributed by atoms with Crippen LogP contribution in [0, 0.1) is 6.92 Å². The second kappa shape index (κ2) is 7.01. The average molecular weight is 361 g/mol. The van der Waals surface area contributed by atoms with E-state index in [-0.39, 0.29) is 16.8 Å². The first kappa shape index (κ1) is 17.7. The van der Waals surface area contributed by atoms with E-state index in [0.29, 0.717) is 12.1 Å². The number of carbonyl (C=O) groups excluding carboxylic acids is 1. The van der Waals surface area contributed by atoms with Gasteiger partial charge < -0.3 is 10.2 Å². The van der Waals surface area contributed by atoms with Crippen molar-refractivity contribution in [1.82, 2.24) is 14.2 Å². The fraction of sp³-hybridized carbons (Fsp3) is 0.389. The standard InChI is InChI=1S/C18H23N3O3S/c1-14-5-7-17(8-6-14)25(23,24)20-11-9-15(13-20)18(22)21-10-3-4-16(21)12-19-2/h5-9,11,13,16,19H,3-4,10,12H2,1-2H3. The number of rotatable bonds is 5. The molecule has 134 valence electrons. The quantitative estimate of drug-likeness (QED) is 0.882. The summed E-state index contributed by atoms with van der Waals surface area (Å²) in [4.78, 5) is 14.8. The topological polar surface area (TPSA) is 71.4 Å². The summed E-state index contributed by atoms with van der Waals surface area (Å²) < 4.78 is 26.5. The molecule has 1 aliphatic heterocycles. The van der Waals surface area contributed by atoms with Crippen LogP contribution in [0.5, 0.6) is 0 Å². The molecule has 1 aromatic carbocycles. The summed E-state index contributed by atoms with van der Waals surface area (Å²) in [7, 11) is -1.82. The summed E-state index contributed by atoms with van der Waals surface area (Å²) in [6.07, 6.45) is 4.78. The molecule has 0 saturated carbocycles. The van der Waals surface area contributed by atoms with Crippen LogP contribution in [0.1, 0.15) is 28.8 Å². The number of hydrogen-bond donors (Lipinski definition) is 1. The molecule has 6 nitrogen and oxygen atoms in total. The predicted molar refractivity (Wildman–Crippen MR) is 96.2 cm³/mol. The van der Waals surface area contributed by atoms with Gasteiger partial charge >= 0.3 is 0 Å². The molecule has 1 N–H and O–H groups in total.